The van der Waals surface area contributed by atoms with Crippen LogP contribution in [0.4, 0.5) is 5.69 Å². The Balaban J connectivity index is 1.47. The first-order valence-corrected chi connectivity index (χ1v) is 9.12. The Bertz CT molecular complexity index is 915. The molecule has 0 saturated heterocycles. The summed E-state index contributed by atoms with van der Waals surface area (Å²) < 4.78 is 5.80. The number of carbonyl (C=O) groups excluding carboxylic acids is 1. The number of benzene rings is 2. The lowest BCUT2D eigenvalue weighted by Gasteiger charge is -2.29. The molecule has 0 fully saturated rings. The summed E-state index contributed by atoms with van der Waals surface area (Å²) in [5.74, 6) is 1.56. The molecule has 1 aliphatic rings. The summed E-state index contributed by atoms with van der Waals surface area (Å²) in [6, 6.07) is 18.0. The molecule has 26 heavy (non-hydrogen) atoms. The second kappa shape index (κ2) is 7.16. The predicted molar refractivity (Wildman–Crippen MR) is 102 cm³/mol. The zero-order chi connectivity index (χ0) is 17.9. The van der Waals surface area contributed by atoms with Crippen molar-refractivity contribution in [3.05, 3.63) is 71.6 Å². The number of aromatic nitrogens is 1. The first kappa shape index (κ1) is 16.6. The normalized spacial score (nSPS) is 13.5. The van der Waals surface area contributed by atoms with E-state index in [1.165, 1.54) is 5.56 Å². The fraction of sp³-hybridized carbons (Fsp3) is 0.273. The molecule has 0 radical (unpaired) electrons. The number of hydrogen-bond donors (Lipinski definition) is 0. The van der Waals surface area contributed by atoms with Crippen molar-refractivity contribution in [2.75, 3.05) is 11.4 Å². The van der Waals surface area contributed by atoms with Crippen LogP contribution in [-0.2, 0) is 17.6 Å². The van der Waals surface area contributed by atoms with Crippen LogP contribution in [0, 0.1) is 6.92 Å². The van der Waals surface area contributed by atoms with Gasteiger partial charge in [0.15, 0.2) is 0 Å². The van der Waals surface area contributed by atoms with Gasteiger partial charge in [-0.3, -0.25) is 4.79 Å². The van der Waals surface area contributed by atoms with Crippen LogP contribution in [0.15, 0.2) is 59.0 Å². The topological polar surface area (TPSA) is 46.3 Å². The minimum Gasteiger partial charge on any atom is -0.441 e. The summed E-state index contributed by atoms with van der Waals surface area (Å²) in [6.07, 6.45) is 3.10. The minimum atomic E-state index is 0.154. The lowest BCUT2D eigenvalue weighted by molar-refractivity contribution is -0.118. The van der Waals surface area contributed by atoms with E-state index >= 15 is 0 Å². The molecule has 3 aromatic rings. The monoisotopic (exact) mass is 346 g/mol. The molecule has 4 nitrogen and oxygen atoms in total. The SMILES string of the molecule is Cc1oc(-c2ccccc2)nc1CCC(=O)N1CCCc2ccccc21. The molecular formula is C22H22N2O2. The Hall–Kier alpha value is -2.88. The number of anilines is 1. The lowest BCUT2D eigenvalue weighted by Crippen LogP contribution is -2.35. The van der Waals surface area contributed by atoms with Crippen molar-refractivity contribution in [3.8, 4) is 11.5 Å². The molecular weight excluding hydrogens is 324 g/mol. The van der Waals surface area contributed by atoms with Gasteiger partial charge >= 0.3 is 0 Å². The van der Waals surface area contributed by atoms with Crippen molar-refractivity contribution in [2.45, 2.75) is 32.6 Å². The van der Waals surface area contributed by atoms with Crippen molar-refractivity contribution in [1.29, 1.82) is 0 Å². The van der Waals surface area contributed by atoms with Crippen molar-refractivity contribution < 1.29 is 9.21 Å². The molecule has 4 heteroatoms. The van der Waals surface area contributed by atoms with Crippen LogP contribution in [0.3, 0.4) is 0 Å². The molecule has 0 spiro atoms. The van der Waals surface area contributed by atoms with Gasteiger partial charge in [-0.2, -0.15) is 0 Å². The fourth-order valence-electron chi connectivity index (χ4n) is 3.52. The van der Waals surface area contributed by atoms with Gasteiger partial charge in [0.05, 0.1) is 5.69 Å². The maximum Gasteiger partial charge on any atom is 0.227 e. The molecule has 1 aliphatic heterocycles. The van der Waals surface area contributed by atoms with Gasteiger partial charge in [-0.05, 0) is 43.5 Å². The fourth-order valence-corrected chi connectivity index (χ4v) is 3.52. The Morgan fingerprint density at radius 2 is 1.88 bits per heavy atom. The third kappa shape index (κ3) is 3.27. The molecule has 1 aromatic heterocycles. The van der Waals surface area contributed by atoms with Gasteiger partial charge in [0, 0.05) is 30.6 Å². The van der Waals surface area contributed by atoms with E-state index in [1.807, 2.05) is 60.4 Å². The number of fused-ring (bicyclic) bond motifs is 1. The van der Waals surface area contributed by atoms with Crippen molar-refractivity contribution in [3.63, 3.8) is 0 Å². The molecule has 0 atom stereocenters. The van der Waals surface area contributed by atoms with Gasteiger partial charge in [0.1, 0.15) is 5.76 Å². The minimum absolute atomic E-state index is 0.154. The van der Waals surface area contributed by atoms with Crippen LogP contribution >= 0.6 is 0 Å². The highest BCUT2D eigenvalue weighted by Gasteiger charge is 2.22. The predicted octanol–water partition coefficient (Wildman–Crippen LogP) is 4.56. The van der Waals surface area contributed by atoms with Gasteiger partial charge < -0.3 is 9.32 Å². The number of amides is 1. The van der Waals surface area contributed by atoms with E-state index in [4.69, 9.17) is 4.42 Å². The summed E-state index contributed by atoms with van der Waals surface area (Å²) >= 11 is 0. The number of carbonyl (C=O) groups is 1. The molecule has 132 valence electrons. The first-order valence-electron chi connectivity index (χ1n) is 9.12. The highest BCUT2D eigenvalue weighted by molar-refractivity contribution is 5.94. The highest BCUT2D eigenvalue weighted by Crippen LogP contribution is 2.28. The number of aryl methyl sites for hydroxylation is 3. The Morgan fingerprint density at radius 3 is 2.73 bits per heavy atom. The second-order valence-electron chi connectivity index (χ2n) is 6.67. The van der Waals surface area contributed by atoms with Gasteiger partial charge in [-0.1, -0.05) is 36.4 Å². The van der Waals surface area contributed by atoms with E-state index in [9.17, 15) is 4.79 Å². The average Bonchev–Trinajstić information content (AvgIpc) is 3.07. The number of nitrogens with zero attached hydrogens (tertiary/aromatic N) is 2. The zero-order valence-corrected chi connectivity index (χ0v) is 14.9. The molecule has 1 amide bonds. The van der Waals surface area contributed by atoms with E-state index in [0.29, 0.717) is 18.7 Å². The summed E-state index contributed by atoms with van der Waals surface area (Å²) in [7, 11) is 0. The number of rotatable bonds is 4. The summed E-state index contributed by atoms with van der Waals surface area (Å²) in [6.45, 7) is 2.71. The van der Waals surface area contributed by atoms with Crippen LogP contribution in [0.1, 0.15) is 29.9 Å². The van der Waals surface area contributed by atoms with Crippen molar-refractivity contribution in [1.82, 2.24) is 4.98 Å². The third-order valence-corrected chi connectivity index (χ3v) is 4.90. The zero-order valence-electron chi connectivity index (χ0n) is 14.9. The van der Waals surface area contributed by atoms with Gasteiger partial charge in [-0.15, -0.1) is 0 Å². The van der Waals surface area contributed by atoms with E-state index in [-0.39, 0.29) is 5.91 Å². The first-order chi connectivity index (χ1) is 12.7. The largest absolute Gasteiger partial charge is 0.441 e. The number of para-hydroxylation sites is 1. The van der Waals surface area contributed by atoms with Crippen LogP contribution < -0.4 is 4.90 Å². The molecule has 0 bridgehead atoms. The maximum atomic E-state index is 12.8. The molecule has 0 unspecified atom stereocenters. The van der Waals surface area contributed by atoms with Crippen LogP contribution in [-0.4, -0.2) is 17.4 Å². The molecule has 2 heterocycles. The molecule has 0 aliphatic carbocycles. The van der Waals surface area contributed by atoms with Crippen LogP contribution in [0.5, 0.6) is 0 Å². The van der Waals surface area contributed by atoms with Crippen molar-refractivity contribution in [2.24, 2.45) is 0 Å². The van der Waals surface area contributed by atoms with E-state index in [0.717, 1.165) is 42.1 Å². The van der Waals surface area contributed by atoms with Gasteiger partial charge in [-0.25, -0.2) is 4.98 Å². The summed E-state index contributed by atoms with van der Waals surface area (Å²) in [5.41, 5.74) is 4.14. The average molecular weight is 346 g/mol. The van der Waals surface area contributed by atoms with E-state index in [1.54, 1.807) is 0 Å². The summed E-state index contributed by atoms with van der Waals surface area (Å²) in [4.78, 5) is 19.3. The van der Waals surface area contributed by atoms with Crippen molar-refractivity contribution >= 4 is 11.6 Å². The Labute approximate surface area is 153 Å². The highest BCUT2D eigenvalue weighted by atomic mass is 16.4. The number of hydrogen-bond acceptors (Lipinski definition) is 3. The standard InChI is InChI=1S/C22H22N2O2/c1-16-19(23-22(26-16)18-9-3-2-4-10-18)13-14-21(25)24-15-7-11-17-8-5-6-12-20(17)24/h2-6,8-10,12H,7,11,13-15H2,1H3. The van der Waals surface area contributed by atoms with Crippen LogP contribution in [0.25, 0.3) is 11.5 Å². The third-order valence-electron chi connectivity index (χ3n) is 4.90. The van der Waals surface area contributed by atoms with E-state index in [2.05, 4.69) is 11.1 Å². The maximum absolute atomic E-state index is 12.8. The smallest absolute Gasteiger partial charge is 0.227 e. The quantitative estimate of drug-likeness (QED) is 0.695. The second-order valence-corrected chi connectivity index (χ2v) is 6.67. The van der Waals surface area contributed by atoms with Gasteiger partial charge in [0.2, 0.25) is 11.8 Å². The molecule has 4 rings (SSSR count). The number of oxazole rings is 1. The molecule has 2 aromatic carbocycles. The molecule has 0 saturated carbocycles. The van der Waals surface area contributed by atoms with Crippen LogP contribution in [0.2, 0.25) is 0 Å². The van der Waals surface area contributed by atoms with E-state index < -0.39 is 0 Å². The Kier molecular flexibility index (Phi) is 4.57. The van der Waals surface area contributed by atoms with Gasteiger partial charge in [0.25, 0.3) is 0 Å². The lowest BCUT2D eigenvalue weighted by atomic mass is 10.0. The Morgan fingerprint density at radius 1 is 1.12 bits per heavy atom. The summed E-state index contributed by atoms with van der Waals surface area (Å²) in [5, 5.41) is 0. The molecule has 0 N–H and O–H groups in total.